The molecule has 0 amide bonds. The number of anilines is 1. The molecule has 2 heterocycles. The first-order valence-electron chi connectivity index (χ1n) is 7.14. The molecule has 19 heavy (non-hydrogen) atoms. The second kappa shape index (κ2) is 5.21. The average molecular weight is 258 g/mol. The number of nitrogens with zero attached hydrogens (tertiary/aromatic N) is 3. The molecule has 3 rings (SSSR count). The van der Waals surface area contributed by atoms with Gasteiger partial charge in [0.25, 0.3) is 0 Å². The summed E-state index contributed by atoms with van der Waals surface area (Å²) < 4.78 is 2.13. The summed E-state index contributed by atoms with van der Waals surface area (Å²) in [6.07, 6.45) is 2.69. The molecule has 1 atom stereocenters. The predicted molar refractivity (Wildman–Crippen MR) is 79.5 cm³/mol. The van der Waals surface area contributed by atoms with E-state index < -0.39 is 0 Å². The van der Waals surface area contributed by atoms with Crippen LogP contribution >= 0.6 is 0 Å². The summed E-state index contributed by atoms with van der Waals surface area (Å²) in [5, 5.41) is 3.54. The first kappa shape index (κ1) is 12.5. The fraction of sp³-hybridized carbons (Fsp3) is 0.533. The predicted octanol–water partition coefficient (Wildman–Crippen LogP) is 2.47. The lowest BCUT2D eigenvalue weighted by Crippen LogP contribution is -2.33. The van der Waals surface area contributed by atoms with Crippen molar-refractivity contribution in [3.63, 3.8) is 0 Å². The Bertz CT molecular complexity index is 554. The Hall–Kier alpha value is -1.55. The molecule has 2 aromatic rings. The third-order valence-corrected chi connectivity index (χ3v) is 3.89. The molecule has 1 aliphatic heterocycles. The smallest absolute Gasteiger partial charge is 0.203 e. The Morgan fingerprint density at radius 2 is 2.00 bits per heavy atom. The van der Waals surface area contributed by atoms with Crippen LogP contribution in [0.1, 0.15) is 19.8 Å². The first-order chi connectivity index (χ1) is 9.24. The molecule has 1 aromatic carbocycles. The standard InChI is InChI=1S/C15H22N4/c1-12(11-19-9-5-6-10-19)16-15-17-13-7-3-4-8-14(13)18(15)2/h3-4,7-8,12H,5-6,9-11H2,1-2H3,(H,16,17). The molecule has 1 aliphatic rings. The molecule has 1 unspecified atom stereocenters. The van der Waals surface area contributed by atoms with E-state index in [9.17, 15) is 0 Å². The van der Waals surface area contributed by atoms with E-state index in [1.807, 2.05) is 6.07 Å². The number of rotatable bonds is 4. The van der Waals surface area contributed by atoms with E-state index in [0.717, 1.165) is 18.0 Å². The van der Waals surface area contributed by atoms with Gasteiger partial charge in [-0.3, -0.25) is 0 Å². The zero-order chi connectivity index (χ0) is 13.2. The zero-order valence-electron chi connectivity index (χ0n) is 11.8. The second-order valence-electron chi connectivity index (χ2n) is 5.54. The van der Waals surface area contributed by atoms with Crippen LogP contribution in [0.4, 0.5) is 5.95 Å². The number of imidazole rings is 1. The average Bonchev–Trinajstić information content (AvgIpc) is 3.00. The Morgan fingerprint density at radius 1 is 1.26 bits per heavy atom. The van der Waals surface area contributed by atoms with Crippen molar-refractivity contribution in [2.45, 2.75) is 25.8 Å². The minimum absolute atomic E-state index is 0.425. The molecule has 4 heteroatoms. The number of hydrogen-bond acceptors (Lipinski definition) is 3. The Balaban J connectivity index is 1.71. The van der Waals surface area contributed by atoms with E-state index >= 15 is 0 Å². The highest BCUT2D eigenvalue weighted by Crippen LogP contribution is 2.18. The van der Waals surface area contributed by atoms with Gasteiger partial charge in [0, 0.05) is 19.6 Å². The van der Waals surface area contributed by atoms with Crippen molar-refractivity contribution in [3.8, 4) is 0 Å². The van der Waals surface area contributed by atoms with Crippen LogP contribution in [0.15, 0.2) is 24.3 Å². The molecule has 102 valence electrons. The number of aryl methyl sites for hydroxylation is 1. The number of likely N-dealkylation sites (tertiary alicyclic amines) is 1. The summed E-state index contributed by atoms with van der Waals surface area (Å²) in [4.78, 5) is 7.19. The summed E-state index contributed by atoms with van der Waals surface area (Å²) in [6.45, 7) is 5.82. The van der Waals surface area contributed by atoms with Crippen LogP contribution in [0.5, 0.6) is 0 Å². The van der Waals surface area contributed by atoms with E-state index in [1.54, 1.807) is 0 Å². The summed E-state index contributed by atoms with van der Waals surface area (Å²) in [6, 6.07) is 8.69. The molecule has 0 spiro atoms. The lowest BCUT2D eigenvalue weighted by atomic mass is 10.3. The fourth-order valence-corrected chi connectivity index (χ4v) is 2.89. The molecule has 1 fully saturated rings. The third-order valence-electron chi connectivity index (χ3n) is 3.89. The van der Waals surface area contributed by atoms with Crippen molar-refractivity contribution in [2.75, 3.05) is 25.0 Å². The van der Waals surface area contributed by atoms with Gasteiger partial charge < -0.3 is 14.8 Å². The fourth-order valence-electron chi connectivity index (χ4n) is 2.89. The number of benzene rings is 1. The largest absolute Gasteiger partial charge is 0.352 e. The summed E-state index contributed by atoms with van der Waals surface area (Å²) in [7, 11) is 2.07. The molecule has 0 saturated carbocycles. The van der Waals surface area contributed by atoms with Gasteiger partial charge in [0.2, 0.25) is 5.95 Å². The third kappa shape index (κ3) is 2.59. The SMILES string of the molecule is CC(CN1CCCC1)Nc1nc2ccccc2n1C. The monoisotopic (exact) mass is 258 g/mol. The van der Waals surface area contributed by atoms with Gasteiger partial charge in [0.15, 0.2) is 0 Å². The van der Waals surface area contributed by atoms with Crippen LogP contribution in [0, 0.1) is 0 Å². The van der Waals surface area contributed by atoms with Crippen molar-refractivity contribution in [1.29, 1.82) is 0 Å². The van der Waals surface area contributed by atoms with Gasteiger partial charge in [-0.05, 0) is 45.0 Å². The molecule has 0 aliphatic carbocycles. The Kier molecular flexibility index (Phi) is 3.42. The summed E-state index contributed by atoms with van der Waals surface area (Å²) in [5.41, 5.74) is 2.24. The van der Waals surface area contributed by atoms with Crippen LogP contribution in [0.2, 0.25) is 0 Å². The number of hydrogen-bond donors (Lipinski definition) is 1. The van der Waals surface area contributed by atoms with Crippen molar-refractivity contribution < 1.29 is 0 Å². The molecule has 0 bridgehead atoms. The van der Waals surface area contributed by atoms with E-state index in [4.69, 9.17) is 0 Å². The van der Waals surface area contributed by atoms with Gasteiger partial charge in [-0.15, -0.1) is 0 Å². The van der Waals surface area contributed by atoms with Crippen molar-refractivity contribution in [2.24, 2.45) is 7.05 Å². The lowest BCUT2D eigenvalue weighted by molar-refractivity contribution is 0.327. The van der Waals surface area contributed by atoms with Gasteiger partial charge in [-0.2, -0.15) is 0 Å². The van der Waals surface area contributed by atoms with E-state index in [0.29, 0.717) is 6.04 Å². The molecule has 1 N–H and O–H groups in total. The van der Waals surface area contributed by atoms with Crippen LogP contribution in [0.25, 0.3) is 11.0 Å². The molecule has 4 nitrogen and oxygen atoms in total. The highest BCUT2D eigenvalue weighted by Gasteiger charge is 2.16. The normalized spacial score (nSPS) is 18.0. The van der Waals surface area contributed by atoms with Gasteiger partial charge >= 0.3 is 0 Å². The van der Waals surface area contributed by atoms with E-state index in [-0.39, 0.29) is 0 Å². The number of nitrogens with one attached hydrogen (secondary N) is 1. The maximum absolute atomic E-state index is 4.66. The summed E-state index contributed by atoms with van der Waals surface area (Å²) in [5.74, 6) is 0.966. The van der Waals surface area contributed by atoms with Gasteiger partial charge in [0.05, 0.1) is 11.0 Å². The number of aromatic nitrogens is 2. The van der Waals surface area contributed by atoms with Crippen molar-refractivity contribution in [3.05, 3.63) is 24.3 Å². The maximum Gasteiger partial charge on any atom is 0.203 e. The van der Waals surface area contributed by atoms with Gasteiger partial charge in [-0.25, -0.2) is 4.98 Å². The van der Waals surface area contributed by atoms with Gasteiger partial charge in [0.1, 0.15) is 0 Å². The Morgan fingerprint density at radius 3 is 2.74 bits per heavy atom. The molecule has 1 saturated heterocycles. The number of para-hydroxylation sites is 2. The maximum atomic E-state index is 4.66. The highest BCUT2D eigenvalue weighted by molar-refractivity contribution is 5.78. The van der Waals surface area contributed by atoms with Crippen LogP contribution in [0.3, 0.4) is 0 Å². The first-order valence-corrected chi connectivity index (χ1v) is 7.14. The van der Waals surface area contributed by atoms with Gasteiger partial charge in [-0.1, -0.05) is 12.1 Å². The summed E-state index contributed by atoms with van der Waals surface area (Å²) >= 11 is 0. The molecule has 0 radical (unpaired) electrons. The number of fused-ring (bicyclic) bond motifs is 1. The van der Waals surface area contributed by atoms with Crippen molar-refractivity contribution in [1.82, 2.24) is 14.5 Å². The minimum Gasteiger partial charge on any atom is -0.352 e. The van der Waals surface area contributed by atoms with Crippen LogP contribution in [-0.4, -0.2) is 40.1 Å². The van der Waals surface area contributed by atoms with Crippen LogP contribution < -0.4 is 5.32 Å². The molecular formula is C15H22N4. The van der Waals surface area contributed by atoms with E-state index in [1.165, 1.54) is 31.4 Å². The van der Waals surface area contributed by atoms with Crippen molar-refractivity contribution >= 4 is 17.0 Å². The second-order valence-corrected chi connectivity index (χ2v) is 5.54. The van der Waals surface area contributed by atoms with Crippen LogP contribution in [-0.2, 0) is 7.05 Å². The molecular weight excluding hydrogens is 236 g/mol. The highest BCUT2D eigenvalue weighted by atomic mass is 15.2. The topological polar surface area (TPSA) is 33.1 Å². The lowest BCUT2D eigenvalue weighted by Gasteiger charge is -2.21. The minimum atomic E-state index is 0.425. The zero-order valence-corrected chi connectivity index (χ0v) is 11.8. The molecule has 1 aromatic heterocycles. The van der Waals surface area contributed by atoms with E-state index in [2.05, 4.69) is 51.9 Å². The quantitative estimate of drug-likeness (QED) is 0.914. The Labute approximate surface area is 114 Å².